The maximum absolute atomic E-state index is 12.9. The van der Waals surface area contributed by atoms with Gasteiger partial charge in [0.25, 0.3) is 0 Å². The van der Waals surface area contributed by atoms with Crippen LogP contribution in [-0.2, 0) is 28.6 Å². The summed E-state index contributed by atoms with van der Waals surface area (Å²) in [6.07, 6.45) is 61.0. The summed E-state index contributed by atoms with van der Waals surface area (Å²) in [6, 6.07) is 0. The van der Waals surface area contributed by atoms with Crippen molar-refractivity contribution in [2.75, 3.05) is 13.2 Å². The smallest absolute Gasteiger partial charge is 0.306 e. The quantitative estimate of drug-likeness (QED) is 0.0343. The van der Waals surface area contributed by atoms with Crippen molar-refractivity contribution in [3.63, 3.8) is 0 Å². The van der Waals surface area contributed by atoms with E-state index in [2.05, 4.69) is 34.6 Å². The second-order valence-corrected chi connectivity index (χ2v) is 22.6. The zero-order valence-electron chi connectivity index (χ0n) is 47.5. The molecule has 0 bridgehead atoms. The van der Waals surface area contributed by atoms with Gasteiger partial charge in [0.15, 0.2) is 6.10 Å². The molecule has 0 unspecified atom stereocenters. The molecule has 0 aliphatic heterocycles. The van der Waals surface area contributed by atoms with E-state index < -0.39 is 6.10 Å². The Kier molecular flexibility index (Phi) is 54.4. The molecule has 0 rings (SSSR count). The predicted molar refractivity (Wildman–Crippen MR) is 298 cm³/mol. The molecule has 0 aromatic rings. The van der Waals surface area contributed by atoms with Crippen molar-refractivity contribution in [2.45, 2.75) is 362 Å². The zero-order valence-corrected chi connectivity index (χ0v) is 47.5. The second-order valence-electron chi connectivity index (χ2n) is 22.6. The van der Waals surface area contributed by atoms with Crippen LogP contribution in [0.5, 0.6) is 0 Å². The Morgan fingerprint density at radius 2 is 0.478 bits per heavy atom. The van der Waals surface area contributed by atoms with Crippen LogP contribution in [0.3, 0.4) is 0 Å². The summed E-state index contributed by atoms with van der Waals surface area (Å²) in [5, 5.41) is 0. The number of ether oxygens (including phenoxy) is 3. The van der Waals surface area contributed by atoms with Crippen LogP contribution < -0.4 is 0 Å². The van der Waals surface area contributed by atoms with Crippen LogP contribution in [0, 0.1) is 11.8 Å². The molecule has 0 saturated heterocycles. The number of hydrogen-bond donors (Lipinski definition) is 0. The van der Waals surface area contributed by atoms with E-state index in [-0.39, 0.29) is 31.1 Å². The van der Waals surface area contributed by atoms with Gasteiger partial charge in [0.1, 0.15) is 13.2 Å². The van der Waals surface area contributed by atoms with Gasteiger partial charge in [-0.3, -0.25) is 14.4 Å². The minimum Gasteiger partial charge on any atom is -0.462 e. The number of carbonyl (C=O) groups excluding carboxylic acids is 3. The average molecular weight is 976 g/mol. The minimum absolute atomic E-state index is 0.0619. The highest BCUT2D eigenvalue weighted by Crippen LogP contribution is 2.19. The van der Waals surface area contributed by atoms with E-state index >= 15 is 0 Å². The third-order valence-corrected chi connectivity index (χ3v) is 14.5. The molecule has 0 aromatic heterocycles. The number of esters is 3. The van der Waals surface area contributed by atoms with Crippen LogP contribution in [0.25, 0.3) is 0 Å². The van der Waals surface area contributed by atoms with Crippen molar-refractivity contribution >= 4 is 17.9 Å². The summed E-state index contributed by atoms with van der Waals surface area (Å²) in [5.74, 6) is 0.870. The third kappa shape index (κ3) is 57.2. The normalized spacial score (nSPS) is 12.0. The van der Waals surface area contributed by atoms with Crippen molar-refractivity contribution in [3.05, 3.63) is 0 Å². The van der Waals surface area contributed by atoms with Crippen molar-refractivity contribution in [3.8, 4) is 0 Å². The Hall–Kier alpha value is -1.59. The molecule has 0 aliphatic rings. The summed E-state index contributed by atoms with van der Waals surface area (Å²) in [7, 11) is 0. The monoisotopic (exact) mass is 975 g/mol. The minimum atomic E-state index is -0.763. The molecule has 0 amide bonds. The Morgan fingerprint density at radius 1 is 0.275 bits per heavy atom. The first-order valence-corrected chi connectivity index (χ1v) is 31.2. The van der Waals surface area contributed by atoms with Crippen molar-refractivity contribution < 1.29 is 28.6 Å². The molecule has 0 fully saturated rings. The van der Waals surface area contributed by atoms with E-state index in [0.29, 0.717) is 19.3 Å². The van der Waals surface area contributed by atoms with Crippen LogP contribution >= 0.6 is 0 Å². The van der Waals surface area contributed by atoms with Crippen molar-refractivity contribution in [1.29, 1.82) is 0 Å². The van der Waals surface area contributed by atoms with Crippen molar-refractivity contribution in [2.24, 2.45) is 11.8 Å². The first kappa shape index (κ1) is 67.4. The van der Waals surface area contributed by atoms with Gasteiger partial charge >= 0.3 is 17.9 Å². The number of rotatable bonds is 57. The highest BCUT2D eigenvalue weighted by molar-refractivity contribution is 5.71. The van der Waals surface area contributed by atoms with Gasteiger partial charge in [0.05, 0.1) is 0 Å². The van der Waals surface area contributed by atoms with Crippen LogP contribution in [-0.4, -0.2) is 37.2 Å². The molecule has 0 aliphatic carbocycles. The molecule has 1 atom stereocenters. The Balaban J connectivity index is 4.25. The van der Waals surface area contributed by atoms with Gasteiger partial charge < -0.3 is 14.2 Å². The topological polar surface area (TPSA) is 78.9 Å². The van der Waals surface area contributed by atoms with Gasteiger partial charge in [-0.15, -0.1) is 0 Å². The standard InChI is InChI=1S/C63H122O6/c1-6-7-8-9-10-11-12-21-28-33-38-43-48-53-61(64)67-56-60(69-63(66)55-50-45-40-35-30-25-20-19-23-27-32-37-42-47-52-59(4)5)57-68-62(65)54-49-44-39-34-29-24-18-16-14-13-15-17-22-26-31-36-41-46-51-58(2)3/h58-60H,6-57H2,1-5H3/t60-/m1/s1. The number of unbranched alkanes of at least 4 members (excludes halogenated alkanes) is 42. The van der Waals surface area contributed by atoms with E-state index in [1.165, 1.54) is 244 Å². The van der Waals surface area contributed by atoms with E-state index in [1.54, 1.807) is 0 Å². The summed E-state index contributed by atoms with van der Waals surface area (Å²) in [6.45, 7) is 11.5. The molecule has 0 N–H and O–H groups in total. The molecule has 0 aromatic carbocycles. The summed E-state index contributed by atoms with van der Waals surface area (Å²) in [5.41, 5.74) is 0. The lowest BCUT2D eigenvalue weighted by molar-refractivity contribution is -0.167. The fourth-order valence-corrected chi connectivity index (χ4v) is 9.76. The SMILES string of the molecule is CCCCCCCCCCCCCCCC(=O)OC[C@H](COC(=O)CCCCCCCCCCCCCCCCCCCCC(C)C)OC(=O)CCCCCCCCCCCCCCCCC(C)C. The Bertz CT molecular complexity index is 1060. The first-order chi connectivity index (χ1) is 33.7. The Labute approximate surface area is 431 Å². The lowest BCUT2D eigenvalue weighted by atomic mass is 10.0. The van der Waals surface area contributed by atoms with Gasteiger partial charge in [-0.2, -0.15) is 0 Å². The number of carbonyl (C=O) groups is 3. The van der Waals surface area contributed by atoms with Crippen LogP contribution in [0.4, 0.5) is 0 Å². The lowest BCUT2D eigenvalue weighted by Crippen LogP contribution is -2.30. The number of hydrogen-bond acceptors (Lipinski definition) is 6. The molecular weight excluding hydrogens is 853 g/mol. The molecule has 69 heavy (non-hydrogen) atoms. The first-order valence-electron chi connectivity index (χ1n) is 31.2. The van der Waals surface area contributed by atoms with E-state index in [4.69, 9.17) is 14.2 Å². The van der Waals surface area contributed by atoms with Gasteiger partial charge in [0, 0.05) is 19.3 Å². The van der Waals surface area contributed by atoms with E-state index in [1.807, 2.05) is 0 Å². The van der Waals surface area contributed by atoms with Crippen molar-refractivity contribution in [1.82, 2.24) is 0 Å². The molecule has 6 heteroatoms. The maximum Gasteiger partial charge on any atom is 0.306 e. The maximum atomic E-state index is 12.9. The highest BCUT2D eigenvalue weighted by Gasteiger charge is 2.19. The molecule has 0 spiro atoms. The van der Waals surface area contributed by atoms with Gasteiger partial charge in [0.2, 0.25) is 0 Å². The predicted octanol–water partition coefficient (Wildman–Crippen LogP) is 20.8. The molecule has 410 valence electrons. The molecule has 0 radical (unpaired) electrons. The van der Waals surface area contributed by atoms with E-state index in [9.17, 15) is 14.4 Å². The third-order valence-electron chi connectivity index (χ3n) is 14.5. The van der Waals surface area contributed by atoms with Gasteiger partial charge in [-0.05, 0) is 31.1 Å². The van der Waals surface area contributed by atoms with Gasteiger partial charge in [-0.1, -0.05) is 317 Å². The van der Waals surface area contributed by atoms with Crippen LogP contribution in [0.2, 0.25) is 0 Å². The second kappa shape index (κ2) is 55.7. The van der Waals surface area contributed by atoms with Crippen LogP contribution in [0.1, 0.15) is 356 Å². The summed E-state index contributed by atoms with van der Waals surface area (Å²) >= 11 is 0. The molecule has 0 saturated carbocycles. The lowest BCUT2D eigenvalue weighted by Gasteiger charge is -2.18. The molecular formula is C63H122O6. The van der Waals surface area contributed by atoms with Crippen LogP contribution in [0.15, 0.2) is 0 Å². The zero-order chi connectivity index (χ0) is 50.4. The van der Waals surface area contributed by atoms with E-state index in [0.717, 1.165) is 69.6 Å². The summed E-state index contributed by atoms with van der Waals surface area (Å²) < 4.78 is 16.9. The fourth-order valence-electron chi connectivity index (χ4n) is 9.76. The van der Waals surface area contributed by atoms with Gasteiger partial charge in [-0.25, -0.2) is 0 Å². The summed E-state index contributed by atoms with van der Waals surface area (Å²) in [4.78, 5) is 38.2. The fraction of sp³-hybridized carbons (Fsp3) is 0.952. The molecule has 0 heterocycles. The average Bonchev–Trinajstić information content (AvgIpc) is 3.32. The Morgan fingerprint density at radius 3 is 0.710 bits per heavy atom. The highest BCUT2D eigenvalue weighted by atomic mass is 16.6. The largest absolute Gasteiger partial charge is 0.462 e. The molecule has 6 nitrogen and oxygen atoms in total.